The van der Waals surface area contributed by atoms with E-state index in [1.165, 1.54) is 4.88 Å². The monoisotopic (exact) mass is 428 g/mol. The van der Waals surface area contributed by atoms with Gasteiger partial charge in [0.1, 0.15) is 10.8 Å². The smallest absolute Gasteiger partial charge is 0.251 e. The first kappa shape index (κ1) is 21.3. The number of ether oxygens (including phenoxy) is 1. The number of hydrogen-bond donors (Lipinski definition) is 1. The van der Waals surface area contributed by atoms with Crippen molar-refractivity contribution in [3.05, 3.63) is 69.7 Å². The molecule has 0 aliphatic rings. The molecule has 0 atom stereocenters. The highest BCUT2D eigenvalue weighted by Crippen LogP contribution is 2.29. The Morgan fingerprint density at radius 3 is 2.55 bits per heavy atom. The van der Waals surface area contributed by atoms with Crippen LogP contribution >= 0.6 is 22.9 Å². The summed E-state index contributed by atoms with van der Waals surface area (Å²) in [5, 5.41) is 4.67. The molecule has 0 saturated carbocycles. The lowest BCUT2D eigenvalue weighted by atomic mass is 10.2. The average Bonchev–Trinajstić information content (AvgIpc) is 3.10. The minimum absolute atomic E-state index is 0.0785. The maximum Gasteiger partial charge on any atom is 0.251 e. The molecule has 0 bridgehead atoms. The topological polar surface area (TPSA) is 51.2 Å². The van der Waals surface area contributed by atoms with Gasteiger partial charge in [0.25, 0.3) is 5.91 Å². The highest BCUT2D eigenvalue weighted by atomic mass is 35.5. The molecule has 0 aliphatic heterocycles. The summed E-state index contributed by atoms with van der Waals surface area (Å²) in [7, 11) is 0. The number of carbonyl (C=O) groups is 1. The average molecular weight is 429 g/mol. The number of amides is 1. The van der Waals surface area contributed by atoms with Crippen LogP contribution in [0.2, 0.25) is 5.02 Å². The van der Waals surface area contributed by atoms with Crippen LogP contribution in [0.1, 0.15) is 40.7 Å². The molecule has 0 unspecified atom stereocenters. The molecule has 0 spiro atoms. The third kappa shape index (κ3) is 6.05. The Labute approximate surface area is 180 Å². The van der Waals surface area contributed by atoms with Crippen LogP contribution in [0.15, 0.2) is 48.5 Å². The molecule has 1 heterocycles. The predicted molar refractivity (Wildman–Crippen MR) is 120 cm³/mol. The normalized spacial score (nSPS) is 10.7. The number of unbranched alkanes of at least 4 members (excludes halogenated alkanes) is 1. The number of halogens is 1. The summed E-state index contributed by atoms with van der Waals surface area (Å²) in [4.78, 5) is 18.2. The molecule has 1 amide bonds. The predicted octanol–water partition coefficient (Wildman–Crippen LogP) is 5.92. The molecule has 3 rings (SSSR count). The van der Waals surface area contributed by atoms with E-state index in [1.807, 2.05) is 43.3 Å². The van der Waals surface area contributed by atoms with Gasteiger partial charge in [0.05, 0.1) is 12.3 Å². The van der Waals surface area contributed by atoms with Crippen molar-refractivity contribution >= 4 is 28.8 Å². The fraction of sp³-hybridized carbons (Fsp3) is 0.304. The third-order valence-corrected chi connectivity index (χ3v) is 6.02. The number of nitrogens with zero attached hydrogens (tertiary/aromatic N) is 1. The van der Waals surface area contributed by atoms with E-state index in [0.717, 1.165) is 41.3 Å². The summed E-state index contributed by atoms with van der Waals surface area (Å²) in [5.41, 5.74) is 2.69. The zero-order valence-corrected chi connectivity index (χ0v) is 18.3. The van der Waals surface area contributed by atoms with Crippen LogP contribution in [0.5, 0.6) is 5.75 Å². The molecule has 3 aromatic rings. The molecule has 6 heteroatoms. The van der Waals surface area contributed by atoms with Crippen molar-refractivity contribution in [2.45, 2.75) is 33.1 Å². The van der Waals surface area contributed by atoms with Gasteiger partial charge in [-0.05, 0) is 49.7 Å². The van der Waals surface area contributed by atoms with E-state index in [-0.39, 0.29) is 5.91 Å². The number of nitrogens with one attached hydrogen (secondary N) is 1. The molecular weight excluding hydrogens is 404 g/mol. The Bertz CT molecular complexity index is 937. The largest absolute Gasteiger partial charge is 0.494 e. The molecule has 2 aromatic carbocycles. The van der Waals surface area contributed by atoms with E-state index in [1.54, 1.807) is 23.5 Å². The molecule has 0 fully saturated rings. The summed E-state index contributed by atoms with van der Waals surface area (Å²) >= 11 is 7.61. The second kappa shape index (κ2) is 10.4. The SMILES string of the molecule is CCCCOc1ccc(C(=O)NCCc2sc(-c3ccc(Cl)cc3)nc2C)cc1. The third-order valence-electron chi connectivity index (χ3n) is 4.50. The molecule has 0 aliphatic carbocycles. The van der Waals surface area contributed by atoms with Gasteiger partial charge in [-0.1, -0.05) is 37.1 Å². The van der Waals surface area contributed by atoms with Crippen LogP contribution in [-0.4, -0.2) is 24.0 Å². The highest BCUT2D eigenvalue weighted by Gasteiger charge is 2.11. The highest BCUT2D eigenvalue weighted by molar-refractivity contribution is 7.15. The molecular formula is C23H25ClN2O2S. The number of benzene rings is 2. The minimum Gasteiger partial charge on any atom is -0.494 e. The van der Waals surface area contributed by atoms with E-state index in [4.69, 9.17) is 16.3 Å². The molecule has 29 heavy (non-hydrogen) atoms. The van der Waals surface area contributed by atoms with E-state index in [0.29, 0.717) is 23.7 Å². The van der Waals surface area contributed by atoms with Crippen LogP contribution in [0.25, 0.3) is 10.6 Å². The van der Waals surface area contributed by atoms with Gasteiger partial charge >= 0.3 is 0 Å². The number of rotatable bonds is 9. The van der Waals surface area contributed by atoms with Gasteiger partial charge in [0.2, 0.25) is 0 Å². The molecule has 1 N–H and O–H groups in total. The van der Waals surface area contributed by atoms with Crippen molar-refractivity contribution in [3.8, 4) is 16.3 Å². The number of hydrogen-bond acceptors (Lipinski definition) is 4. The fourth-order valence-corrected chi connectivity index (χ4v) is 4.00. The van der Waals surface area contributed by atoms with Gasteiger partial charge in [0, 0.05) is 34.0 Å². The zero-order chi connectivity index (χ0) is 20.6. The molecule has 1 aromatic heterocycles. The van der Waals surface area contributed by atoms with Crippen molar-refractivity contribution in [1.29, 1.82) is 0 Å². The van der Waals surface area contributed by atoms with Gasteiger partial charge in [0.15, 0.2) is 0 Å². The van der Waals surface area contributed by atoms with Gasteiger partial charge in [-0.15, -0.1) is 11.3 Å². The Morgan fingerprint density at radius 1 is 1.14 bits per heavy atom. The molecule has 0 radical (unpaired) electrons. The number of thiazole rings is 1. The Hall–Kier alpha value is -2.37. The maximum absolute atomic E-state index is 12.4. The van der Waals surface area contributed by atoms with E-state index in [9.17, 15) is 4.79 Å². The van der Waals surface area contributed by atoms with Crippen molar-refractivity contribution in [2.24, 2.45) is 0 Å². The lowest BCUT2D eigenvalue weighted by Gasteiger charge is -2.07. The van der Waals surface area contributed by atoms with Gasteiger partial charge in [-0.25, -0.2) is 4.98 Å². The zero-order valence-electron chi connectivity index (χ0n) is 16.7. The summed E-state index contributed by atoms with van der Waals surface area (Å²) < 4.78 is 5.63. The summed E-state index contributed by atoms with van der Waals surface area (Å²) in [6.07, 6.45) is 2.88. The minimum atomic E-state index is -0.0785. The first-order valence-electron chi connectivity index (χ1n) is 9.80. The lowest BCUT2D eigenvalue weighted by molar-refractivity contribution is 0.0954. The van der Waals surface area contributed by atoms with Crippen molar-refractivity contribution < 1.29 is 9.53 Å². The van der Waals surface area contributed by atoms with E-state index in [2.05, 4.69) is 17.2 Å². The Morgan fingerprint density at radius 2 is 1.86 bits per heavy atom. The van der Waals surface area contributed by atoms with Gasteiger partial charge in [-0.2, -0.15) is 0 Å². The van der Waals surface area contributed by atoms with E-state index >= 15 is 0 Å². The van der Waals surface area contributed by atoms with Crippen LogP contribution in [0.3, 0.4) is 0 Å². The van der Waals surface area contributed by atoms with E-state index < -0.39 is 0 Å². The summed E-state index contributed by atoms with van der Waals surface area (Å²) in [5.74, 6) is 0.718. The number of aryl methyl sites for hydroxylation is 1. The van der Waals surface area contributed by atoms with Gasteiger partial charge in [-0.3, -0.25) is 4.79 Å². The fourth-order valence-electron chi connectivity index (χ4n) is 2.80. The number of carbonyl (C=O) groups excluding carboxylic acids is 1. The van der Waals surface area contributed by atoms with Crippen molar-refractivity contribution in [1.82, 2.24) is 10.3 Å². The number of aromatic nitrogens is 1. The molecule has 152 valence electrons. The lowest BCUT2D eigenvalue weighted by Crippen LogP contribution is -2.25. The first-order valence-corrected chi connectivity index (χ1v) is 11.0. The summed E-state index contributed by atoms with van der Waals surface area (Å²) in [6.45, 7) is 5.40. The van der Waals surface area contributed by atoms with Crippen LogP contribution in [0, 0.1) is 6.92 Å². The summed E-state index contributed by atoms with van der Waals surface area (Å²) in [6, 6.07) is 15.0. The van der Waals surface area contributed by atoms with Crippen LogP contribution in [0.4, 0.5) is 0 Å². The standard InChI is InChI=1S/C23H25ClN2O2S/c1-3-4-15-28-20-11-7-17(8-12-20)22(27)25-14-13-21-16(2)26-23(29-21)18-5-9-19(24)10-6-18/h5-12H,3-4,13-15H2,1-2H3,(H,25,27). The quantitative estimate of drug-likeness (QED) is 0.430. The molecule has 0 saturated heterocycles. The first-order chi connectivity index (χ1) is 14.1. The second-order valence-electron chi connectivity index (χ2n) is 6.77. The van der Waals surface area contributed by atoms with Crippen LogP contribution in [-0.2, 0) is 6.42 Å². The maximum atomic E-state index is 12.4. The van der Waals surface area contributed by atoms with Crippen molar-refractivity contribution in [3.63, 3.8) is 0 Å². The Kier molecular flexibility index (Phi) is 7.67. The Balaban J connectivity index is 1.52. The molecule has 4 nitrogen and oxygen atoms in total. The van der Waals surface area contributed by atoms with Gasteiger partial charge < -0.3 is 10.1 Å². The van der Waals surface area contributed by atoms with Crippen LogP contribution < -0.4 is 10.1 Å². The van der Waals surface area contributed by atoms with Crippen molar-refractivity contribution in [2.75, 3.05) is 13.2 Å². The second-order valence-corrected chi connectivity index (χ2v) is 8.29.